The molecule has 0 radical (unpaired) electrons. The molecule has 144 valence electrons. The van der Waals surface area contributed by atoms with Crippen molar-refractivity contribution in [3.8, 4) is 11.5 Å². The van der Waals surface area contributed by atoms with E-state index in [1.807, 2.05) is 0 Å². The van der Waals surface area contributed by atoms with Gasteiger partial charge >= 0.3 is 33.1 Å². The zero-order valence-electron chi connectivity index (χ0n) is 15.7. The van der Waals surface area contributed by atoms with Crippen LogP contribution in [0, 0.1) is 7.14 Å². The average Bonchev–Trinajstić information content (AvgIpc) is 2.68. The Morgan fingerprint density at radius 3 is 1.52 bits per heavy atom. The van der Waals surface area contributed by atoms with Gasteiger partial charge in [-0.15, -0.1) is 0 Å². The number of carbonyl (C=O) groups is 2. The second-order valence-electron chi connectivity index (χ2n) is 5.23. The molecule has 0 unspecified atom stereocenters. The third kappa shape index (κ3) is 5.35. The molecule has 2 rings (SSSR count). The molecule has 0 N–H and O–H groups in total. The van der Waals surface area contributed by atoms with Crippen molar-refractivity contribution in [2.24, 2.45) is 0 Å². The highest BCUT2D eigenvalue weighted by Crippen LogP contribution is 2.15. The summed E-state index contributed by atoms with van der Waals surface area (Å²) >= 11 is -0.797. The molecule has 0 aliphatic carbocycles. The first-order valence-electron chi connectivity index (χ1n) is 8.39. The highest BCUT2D eigenvalue weighted by atomic mass is 127. The molecule has 6 nitrogen and oxygen atoms in total. The van der Waals surface area contributed by atoms with E-state index in [1.54, 1.807) is 64.5 Å². The predicted octanol–water partition coefficient (Wildman–Crippen LogP) is 0.186. The SMILES string of the molecule is CCOC(=O)c1ccc(OC)c([I+]c2cc(C(=O)OCC)ccc2OC)c1. The first-order chi connectivity index (χ1) is 13.0. The number of halogens is 1. The van der Waals surface area contributed by atoms with Crippen LogP contribution in [0.25, 0.3) is 0 Å². The summed E-state index contributed by atoms with van der Waals surface area (Å²) in [6, 6.07) is 10.4. The normalized spacial score (nSPS) is 10.2. The van der Waals surface area contributed by atoms with Crippen molar-refractivity contribution in [2.45, 2.75) is 13.8 Å². The average molecular weight is 485 g/mol. The van der Waals surface area contributed by atoms with Crippen LogP contribution in [-0.4, -0.2) is 39.4 Å². The molecule has 0 aromatic heterocycles. The van der Waals surface area contributed by atoms with Gasteiger partial charge in [-0.25, -0.2) is 9.59 Å². The highest BCUT2D eigenvalue weighted by Gasteiger charge is 2.28. The van der Waals surface area contributed by atoms with Gasteiger partial charge in [0.05, 0.1) is 38.6 Å². The number of hydrogen-bond donors (Lipinski definition) is 0. The van der Waals surface area contributed by atoms with Gasteiger partial charge < -0.3 is 18.9 Å². The largest absolute Gasteiger partial charge is 0.492 e. The fraction of sp³-hybridized carbons (Fsp3) is 0.300. The van der Waals surface area contributed by atoms with E-state index in [9.17, 15) is 9.59 Å². The lowest BCUT2D eigenvalue weighted by molar-refractivity contribution is -0.598. The van der Waals surface area contributed by atoms with E-state index in [-0.39, 0.29) is 11.9 Å². The van der Waals surface area contributed by atoms with Gasteiger partial charge in [0, 0.05) is 12.1 Å². The smallest absolute Gasteiger partial charge is 0.366 e. The van der Waals surface area contributed by atoms with Crippen LogP contribution in [0.15, 0.2) is 36.4 Å². The zero-order chi connectivity index (χ0) is 19.8. The van der Waals surface area contributed by atoms with Crippen molar-refractivity contribution >= 4 is 11.9 Å². The van der Waals surface area contributed by atoms with Crippen LogP contribution in [0.4, 0.5) is 0 Å². The molecule has 0 amide bonds. The molecule has 0 atom stereocenters. The van der Waals surface area contributed by atoms with Gasteiger partial charge in [0.25, 0.3) is 0 Å². The number of ether oxygens (including phenoxy) is 4. The van der Waals surface area contributed by atoms with Gasteiger partial charge in [-0.05, 0) is 38.1 Å². The third-order valence-electron chi connectivity index (χ3n) is 3.53. The molecule has 2 aromatic carbocycles. The number of rotatable bonds is 8. The van der Waals surface area contributed by atoms with Crippen molar-refractivity contribution in [3.05, 3.63) is 54.7 Å². The fourth-order valence-electron chi connectivity index (χ4n) is 2.27. The highest BCUT2D eigenvalue weighted by molar-refractivity contribution is 5.90. The molecule has 0 saturated heterocycles. The molecule has 0 aliphatic heterocycles. The number of hydrogen-bond acceptors (Lipinski definition) is 6. The summed E-state index contributed by atoms with van der Waals surface area (Å²) in [7, 11) is 3.16. The Labute approximate surface area is 169 Å². The first-order valence-corrected chi connectivity index (χ1v) is 10.5. The molecule has 0 saturated carbocycles. The lowest BCUT2D eigenvalue weighted by Gasteiger charge is -2.06. The van der Waals surface area contributed by atoms with Gasteiger partial charge in [-0.1, -0.05) is 0 Å². The van der Waals surface area contributed by atoms with Gasteiger partial charge in [-0.3, -0.25) is 0 Å². The zero-order valence-corrected chi connectivity index (χ0v) is 17.9. The molecule has 0 fully saturated rings. The lowest BCUT2D eigenvalue weighted by atomic mass is 10.2. The lowest BCUT2D eigenvalue weighted by Crippen LogP contribution is -3.61. The number of methoxy groups -OCH3 is 2. The Balaban J connectivity index is 2.42. The summed E-state index contributed by atoms with van der Waals surface area (Å²) in [5, 5.41) is 0. The van der Waals surface area contributed by atoms with Crippen molar-refractivity contribution in [1.82, 2.24) is 0 Å². The monoisotopic (exact) mass is 485 g/mol. The van der Waals surface area contributed by atoms with Gasteiger partial charge in [0.1, 0.15) is 0 Å². The molecule has 2 aromatic rings. The van der Waals surface area contributed by atoms with Gasteiger partial charge in [0.2, 0.25) is 7.14 Å². The standard InChI is InChI=1S/C20H22IO6/c1-5-26-19(22)13-7-9-17(24-3)15(11-13)21-16-12-14(20(23)27-6-2)8-10-18(16)25-4/h7-12H,5-6H2,1-4H3/q+1. The minimum Gasteiger partial charge on any atom is -0.492 e. The predicted molar refractivity (Wildman–Crippen MR) is 95.3 cm³/mol. The minimum atomic E-state index is -0.797. The Hall–Kier alpha value is -2.29. The molecule has 7 heteroatoms. The van der Waals surface area contributed by atoms with Crippen LogP contribution >= 0.6 is 0 Å². The molecule has 0 spiro atoms. The first kappa shape index (κ1) is 21.0. The van der Waals surface area contributed by atoms with Crippen LogP contribution in [0.1, 0.15) is 34.6 Å². The van der Waals surface area contributed by atoms with Crippen molar-refractivity contribution < 1.29 is 49.7 Å². The summed E-state index contributed by atoms with van der Waals surface area (Å²) in [6.07, 6.45) is 0. The van der Waals surface area contributed by atoms with Crippen LogP contribution < -0.4 is 30.7 Å². The van der Waals surface area contributed by atoms with E-state index in [2.05, 4.69) is 0 Å². The number of esters is 2. The number of benzene rings is 2. The van der Waals surface area contributed by atoms with E-state index >= 15 is 0 Å². The van der Waals surface area contributed by atoms with Gasteiger partial charge in [0.15, 0.2) is 11.5 Å². The van der Waals surface area contributed by atoms with Crippen LogP contribution in [0.3, 0.4) is 0 Å². The number of carbonyl (C=O) groups excluding carboxylic acids is 2. The van der Waals surface area contributed by atoms with Crippen LogP contribution in [-0.2, 0) is 9.47 Å². The van der Waals surface area contributed by atoms with E-state index in [0.29, 0.717) is 35.8 Å². The summed E-state index contributed by atoms with van der Waals surface area (Å²) in [5.74, 6) is 0.606. The summed E-state index contributed by atoms with van der Waals surface area (Å²) in [6.45, 7) is 4.15. The van der Waals surface area contributed by atoms with Crippen molar-refractivity contribution in [3.63, 3.8) is 0 Å². The fourth-order valence-corrected chi connectivity index (χ4v) is 5.21. The Kier molecular flexibility index (Phi) is 7.90. The summed E-state index contributed by atoms with van der Waals surface area (Å²) < 4.78 is 22.8. The van der Waals surface area contributed by atoms with E-state index < -0.39 is 21.2 Å². The maximum absolute atomic E-state index is 12.1. The van der Waals surface area contributed by atoms with Crippen LogP contribution in [0.5, 0.6) is 11.5 Å². The van der Waals surface area contributed by atoms with E-state index in [1.165, 1.54) is 0 Å². The minimum absolute atomic E-state index is 0.310. The van der Waals surface area contributed by atoms with E-state index in [4.69, 9.17) is 18.9 Å². The maximum Gasteiger partial charge on any atom is 0.366 e. The Bertz CT molecular complexity index is 751. The topological polar surface area (TPSA) is 71.1 Å². The van der Waals surface area contributed by atoms with Gasteiger partial charge in [-0.2, -0.15) is 0 Å². The summed E-state index contributed by atoms with van der Waals surface area (Å²) in [4.78, 5) is 24.1. The molecule has 27 heavy (non-hydrogen) atoms. The van der Waals surface area contributed by atoms with Crippen molar-refractivity contribution in [1.29, 1.82) is 0 Å². The maximum atomic E-state index is 12.1. The molecule has 0 bridgehead atoms. The quantitative estimate of drug-likeness (QED) is 0.393. The molecule has 0 heterocycles. The second kappa shape index (κ2) is 10.1. The molecular weight excluding hydrogens is 463 g/mol. The molecule has 0 aliphatic rings. The second-order valence-corrected chi connectivity index (χ2v) is 8.10. The molecular formula is C20H22IO6+. The summed E-state index contributed by atoms with van der Waals surface area (Å²) in [5.41, 5.74) is 0.931. The van der Waals surface area contributed by atoms with E-state index in [0.717, 1.165) is 7.14 Å². The Morgan fingerprint density at radius 1 is 0.778 bits per heavy atom. The third-order valence-corrected chi connectivity index (χ3v) is 6.38. The Morgan fingerprint density at radius 2 is 1.19 bits per heavy atom. The van der Waals surface area contributed by atoms with Crippen molar-refractivity contribution in [2.75, 3.05) is 27.4 Å². The van der Waals surface area contributed by atoms with Crippen LogP contribution in [0.2, 0.25) is 0 Å².